The third-order valence-corrected chi connectivity index (χ3v) is 4.21. The Morgan fingerprint density at radius 1 is 1.21 bits per heavy atom. The van der Waals surface area contributed by atoms with Gasteiger partial charge in [0.2, 0.25) is 0 Å². The van der Waals surface area contributed by atoms with Crippen molar-refractivity contribution in [3.05, 3.63) is 53.1 Å². The number of amides is 1. The summed E-state index contributed by atoms with van der Waals surface area (Å²) in [6, 6.07) is 10.3. The zero-order valence-electron chi connectivity index (χ0n) is 13.7. The monoisotopic (exact) mass is 328 g/mol. The van der Waals surface area contributed by atoms with E-state index in [9.17, 15) is 9.90 Å². The van der Waals surface area contributed by atoms with Crippen molar-refractivity contribution >= 4 is 11.6 Å². The van der Waals surface area contributed by atoms with Crippen LogP contribution in [0.5, 0.6) is 11.5 Å². The highest BCUT2D eigenvalue weighted by Crippen LogP contribution is 2.39. The fourth-order valence-electron chi connectivity index (χ4n) is 3.09. The van der Waals surface area contributed by atoms with Crippen LogP contribution in [0.25, 0.3) is 0 Å². The summed E-state index contributed by atoms with van der Waals surface area (Å²) >= 11 is 0. The second kappa shape index (κ2) is 6.41. The minimum absolute atomic E-state index is 0.183. The van der Waals surface area contributed by atoms with Gasteiger partial charge in [0.15, 0.2) is 0 Å². The first kappa shape index (κ1) is 16.1. The number of carbonyl (C=O) groups is 1. The third-order valence-electron chi connectivity index (χ3n) is 4.21. The maximum atomic E-state index is 12.7. The van der Waals surface area contributed by atoms with Crippen LogP contribution >= 0.6 is 0 Å². The Labute approximate surface area is 140 Å². The minimum Gasteiger partial charge on any atom is -0.496 e. The summed E-state index contributed by atoms with van der Waals surface area (Å²) < 4.78 is 10.7. The lowest BCUT2D eigenvalue weighted by atomic mass is 9.94. The lowest BCUT2D eigenvalue weighted by Gasteiger charge is -2.34. The van der Waals surface area contributed by atoms with E-state index in [2.05, 4.69) is 0 Å². The van der Waals surface area contributed by atoms with E-state index < -0.39 is 6.10 Å². The van der Waals surface area contributed by atoms with Crippen molar-refractivity contribution in [2.45, 2.75) is 12.6 Å². The van der Waals surface area contributed by atoms with Gasteiger partial charge in [0, 0.05) is 22.4 Å². The zero-order chi connectivity index (χ0) is 17.3. The number of methoxy groups -OCH3 is 2. The number of aliphatic hydroxyl groups excluding tert-OH is 1. The summed E-state index contributed by atoms with van der Waals surface area (Å²) in [7, 11) is 3.12. The van der Waals surface area contributed by atoms with E-state index in [-0.39, 0.29) is 12.5 Å². The largest absolute Gasteiger partial charge is 0.496 e. The van der Waals surface area contributed by atoms with Crippen molar-refractivity contribution in [1.29, 1.82) is 0 Å². The fourth-order valence-corrected chi connectivity index (χ4v) is 3.09. The van der Waals surface area contributed by atoms with Gasteiger partial charge in [0.25, 0.3) is 5.91 Å². The van der Waals surface area contributed by atoms with E-state index >= 15 is 0 Å². The van der Waals surface area contributed by atoms with E-state index in [0.717, 1.165) is 5.56 Å². The van der Waals surface area contributed by atoms with Gasteiger partial charge in [-0.3, -0.25) is 4.79 Å². The molecule has 1 unspecified atom stereocenters. The molecule has 3 N–H and O–H groups in total. The summed E-state index contributed by atoms with van der Waals surface area (Å²) in [6.45, 7) is 0.518. The summed E-state index contributed by atoms with van der Waals surface area (Å²) in [4.78, 5) is 14.3. The van der Waals surface area contributed by atoms with Gasteiger partial charge in [-0.2, -0.15) is 0 Å². The number of hydrogen-bond acceptors (Lipinski definition) is 5. The molecule has 0 spiro atoms. The second-order valence-electron chi connectivity index (χ2n) is 5.69. The number of nitrogens with zero attached hydrogens (tertiary/aromatic N) is 1. The standard InChI is InChI=1S/C18H20N2O4/c1-23-15-6-7-16(24-2)17-13(15)9-20(10-14(17)21)18(22)11-4-3-5-12(19)8-11/h3-8,14,21H,9-10,19H2,1-2H3. The molecule has 0 aliphatic carbocycles. The number of fused-ring (bicyclic) bond motifs is 1. The molecule has 1 aliphatic heterocycles. The number of anilines is 1. The first-order valence-corrected chi connectivity index (χ1v) is 7.61. The molecule has 0 fully saturated rings. The van der Waals surface area contributed by atoms with Gasteiger partial charge in [-0.1, -0.05) is 6.07 Å². The molecule has 0 saturated heterocycles. The molecule has 6 nitrogen and oxygen atoms in total. The van der Waals surface area contributed by atoms with E-state index in [0.29, 0.717) is 34.9 Å². The van der Waals surface area contributed by atoms with Crippen LogP contribution in [0.3, 0.4) is 0 Å². The molecule has 0 bridgehead atoms. The predicted molar refractivity (Wildman–Crippen MR) is 90.1 cm³/mol. The van der Waals surface area contributed by atoms with E-state index in [1.807, 2.05) is 0 Å². The molecule has 2 aromatic carbocycles. The maximum Gasteiger partial charge on any atom is 0.254 e. The van der Waals surface area contributed by atoms with Crippen molar-refractivity contribution in [2.24, 2.45) is 0 Å². The Morgan fingerprint density at radius 2 is 1.92 bits per heavy atom. The van der Waals surface area contributed by atoms with Gasteiger partial charge in [-0.15, -0.1) is 0 Å². The highest BCUT2D eigenvalue weighted by molar-refractivity contribution is 5.95. The molecule has 1 heterocycles. The van der Waals surface area contributed by atoms with Crippen LogP contribution in [0.4, 0.5) is 5.69 Å². The number of ether oxygens (including phenoxy) is 2. The Bertz CT molecular complexity index is 776. The molecule has 0 saturated carbocycles. The van der Waals surface area contributed by atoms with Gasteiger partial charge >= 0.3 is 0 Å². The molecule has 1 aliphatic rings. The number of hydrogen-bond donors (Lipinski definition) is 2. The topological polar surface area (TPSA) is 85.0 Å². The fraction of sp³-hybridized carbons (Fsp3) is 0.278. The summed E-state index contributed by atoms with van der Waals surface area (Å²) in [5.74, 6) is 1.03. The average molecular weight is 328 g/mol. The molecule has 6 heteroatoms. The highest BCUT2D eigenvalue weighted by Gasteiger charge is 2.32. The molecule has 2 aromatic rings. The Balaban J connectivity index is 1.98. The Kier molecular flexibility index (Phi) is 4.31. The van der Waals surface area contributed by atoms with E-state index in [1.54, 1.807) is 55.5 Å². The molecular formula is C18H20N2O4. The van der Waals surface area contributed by atoms with Gasteiger partial charge in [-0.25, -0.2) is 0 Å². The van der Waals surface area contributed by atoms with Crippen molar-refractivity contribution < 1.29 is 19.4 Å². The summed E-state index contributed by atoms with van der Waals surface area (Å²) in [5, 5.41) is 10.6. The van der Waals surface area contributed by atoms with Gasteiger partial charge in [0.05, 0.1) is 27.3 Å². The zero-order valence-corrected chi connectivity index (χ0v) is 13.7. The third kappa shape index (κ3) is 2.76. The lowest BCUT2D eigenvalue weighted by Crippen LogP contribution is -2.38. The predicted octanol–water partition coefficient (Wildman–Crippen LogP) is 1.98. The lowest BCUT2D eigenvalue weighted by molar-refractivity contribution is 0.0538. The molecule has 1 amide bonds. The molecule has 0 radical (unpaired) electrons. The van der Waals surface area contributed by atoms with E-state index in [1.165, 1.54) is 0 Å². The average Bonchev–Trinajstić information content (AvgIpc) is 2.59. The van der Waals surface area contributed by atoms with Crippen LogP contribution in [0.1, 0.15) is 27.6 Å². The van der Waals surface area contributed by atoms with Crippen LogP contribution in [-0.4, -0.2) is 36.7 Å². The smallest absolute Gasteiger partial charge is 0.254 e. The number of rotatable bonds is 3. The number of carbonyl (C=O) groups excluding carboxylic acids is 1. The van der Waals surface area contributed by atoms with Crippen LogP contribution in [0.15, 0.2) is 36.4 Å². The molecule has 0 aromatic heterocycles. The first-order valence-electron chi connectivity index (χ1n) is 7.61. The Morgan fingerprint density at radius 3 is 2.58 bits per heavy atom. The number of β-amino-alcohol motifs (C(OH)–C–C–N with tert-alkyl or cyclic N) is 1. The molecule has 126 valence electrons. The number of nitrogen functional groups attached to an aromatic ring is 1. The summed E-state index contributed by atoms with van der Waals surface area (Å²) in [5.41, 5.74) is 8.21. The van der Waals surface area contributed by atoms with Crippen molar-refractivity contribution in [2.75, 3.05) is 26.5 Å². The maximum absolute atomic E-state index is 12.7. The SMILES string of the molecule is COc1ccc(OC)c2c1CN(C(=O)c1cccc(N)c1)CC2O. The summed E-state index contributed by atoms with van der Waals surface area (Å²) in [6.07, 6.45) is -0.844. The van der Waals surface area contributed by atoms with Gasteiger partial charge in [-0.05, 0) is 30.3 Å². The van der Waals surface area contributed by atoms with Crippen LogP contribution in [0.2, 0.25) is 0 Å². The molecule has 3 rings (SSSR count). The first-order chi connectivity index (χ1) is 11.5. The highest BCUT2D eigenvalue weighted by atomic mass is 16.5. The normalized spacial score (nSPS) is 16.5. The van der Waals surface area contributed by atoms with Crippen LogP contribution in [0, 0.1) is 0 Å². The molecule has 1 atom stereocenters. The quantitative estimate of drug-likeness (QED) is 0.842. The van der Waals surface area contributed by atoms with Gasteiger partial charge < -0.3 is 25.2 Å². The van der Waals surface area contributed by atoms with Crippen molar-refractivity contribution in [3.8, 4) is 11.5 Å². The minimum atomic E-state index is -0.844. The van der Waals surface area contributed by atoms with Gasteiger partial charge in [0.1, 0.15) is 17.6 Å². The van der Waals surface area contributed by atoms with Crippen LogP contribution < -0.4 is 15.2 Å². The molecular weight excluding hydrogens is 308 g/mol. The Hall–Kier alpha value is -2.73. The number of aliphatic hydroxyl groups is 1. The van der Waals surface area contributed by atoms with Crippen molar-refractivity contribution in [3.63, 3.8) is 0 Å². The van der Waals surface area contributed by atoms with Crippen LogP contribution in [-0.2, 0) is 6.54 Å². The number of nitrogens with two attached hydrogens (primary N) is 1. The molecule has 24 heavy (non-hydrogen) atoms. The second-order valence-corrected chi connectivity index (χ2v) is 5.69. The van der Waals surface area contributed by atoms with Crippen molar-refractivity contribution in [1.82, 2.24) is 4.90 Å². The van der Waals surface area contributed by atoms with E-state index in [4.69, 9.17) is 15.2 Å². The number of benzene rings is 2.